The van der Waals surface area contributed by atoms with Gasteiger partial charge in [0.2, 0.25) is 0 Å². The van der Waals surface area contributed by atoms with E-state index in [4.69, 9.17) is 4.74 Å². The third-order valence-electron chi connectivity index (χ3n) is 4.49. The summed E-state index contributed by atoms with van der Waals surface area (Å²) >= 11 is 0. The van der Waals surface area contributed by atoms with E-state index in [1.165, 1.54) is 19.3 Å². The molecule has 18 heavy (non-hydrogen) atoms. The van der Waals surface area contributed by atoms with Crippen LogP contribution in [0.25, 0.3) is 0 Å². The minimum Gasteiger partial charge on any atom is -0.379 e. The van der Waals surface area contributed by atoms with Gasteiger partial charge < -0.3 is 10.1 Å². The van der Waals surface area contributed by atoms with Crippen molar-refractivity contribution < 1.29 is 4.74 Å². The fraction of sp³-hybridized carbons (Fsp3) is 1.00. The first-order chi connectivity index (χ1) is 8.29. The third kappa shape index (κ3) is 3.96. The van der Waals surface area contributed by atoms with Gasteiger partial charge in [-0.1, -0.05) is 34.6 Å². The van der Waals surface area contributed by atoms with Crippen LogP contribution in [0.4, 0.5) is 0 Å². The molecule has 0 aromatic carbocycles. The van der Waals surface area contributed by atoms with Gasteiger partial charge in [0.25, 0.3) is 0 Å². The molecule has 0 radical (unpaired) electrons. The molecule has 1 saturated carbocycles. The molecule has 0 aliphatic heterocycles. The highest BCUT2D eigenvalue weighted by Gasteiger charge is 2.38. The van der Waals surface area contributed by atoms with Crippen LogP contribution in [0.5, 0.6) is 0 Å². The van der Waals surface area contributed by atoms with Crippen molar-refractivity contribution in [3.8, 4) is 0 Å². The number of methoxy groups -OCH3 is 1. The second kappa shape index (κ2) is 6.38. The standard InChI is InChI=1S/C16H33NO/c1-11-8-12(2)10-13(9-11)14(17-6)15(18-7)16(3,4)5/h11-15,17H,8-10H2,1-7H3. The van der Waals surface area contributed by atoms with Crippen LogP contribution in [-0.4, -0.2) is 26.3 Å². The zero-order valence-corrected chi connectivity index (χ0v) is 13.4. The molecular weight excluding hydrogens is 222 g/mol. The molecule has 1 rings (SSSR count). The van der Waals surface area contributed by atoms with E-state index in [1.807, 2.05) is 7.11 Å². The summed E-state index contributed by atoms with van der Waals surface area (Å²) in [7, 11) is 3.95. The average molecular weight is 255 g/mol. The van der Waals surface area contributed by atoms with Gasteiger partial charge in [0.05, 0.1) is 6.10 Å². The molecule has 4 unspecified atom stereocenters. The molecule has 0 saturated heterocycles. The number of ether oxygens (including phenoxy) is 1. The first kappa shape index (κ1) is 16.0. The van der Waals surface area contributed by atoms with Crippen molar-refractivity contribution in [1.29, 1.82) is 0 Å². The fourth-order valence-electron chi connectivity index (χ4n) is 3.98. The Labute approximate surface area is 114 Å². The highest BCUT2D eigenvalue weighted by atomic mass is 16.5. The van der Waals surface area contributed by atoms with Crippen LogP contribution >= 0.6 is 0 Å². The molecule has 0 bridgehead atoms. The smallest absolute Gasteiger partial charge is 0.0774 e. The Morgan fingerprint density at radius 1 is 1.06 bits per heavy atom. The van der Waals surface area contributed by atoms with Gasteiger partial charge in [0.15, 0.2) is 0 Å². The quantitative estimate of drug-likeness (QED) is 0.827. The van der Waals surface area contributed by atoms with Crippen LogP contribution in [0.15, 0.2) is 0 Å². The summed E-state index contributed by atoms with van der Waals surface area (Å²) in [6, 6.07) is 0.472. The third-order valence-corrected chi connectivity index (χ3v) is 4.49. The molecule has 108 valence electrons. The summed E-state index contributed by atoms with van der Waals surface area (Å²) < 4.78 is 5.83. The van der Waals surface area contributed by atoms with Crippen molar-refractivity contribution in [3.05, 3.63) is 0 Å². The number of rotatable bonds is 4. The van der Waals surface area contributed by atoms with E-state index < -0.39 is 0 Å². The van der Waals surface area contributed by atoms with E-state index in [1.54, 1.807) is 0 Å². The molecule has 0 amide bonds. The lowest BCUT2D eigenvalue weighted by atomic mass is 9.69. The van der Waals surface area contributed by atoms with E-state index in [0.717, 1.165) is 17.8 Å². The molecular formula is C16H33NO. The molecule has 0 spiro atoms. The Bertz CT molecular complexity index is 236. The van der Waals surface area contributed by atoms with E-state index >= 15 is 0 Å². The Hall–Kier alpha value is -0.0800. The van der Waals surface area contributed by atoms with Gasteiger partial charge in [-0.25, -0.2) is 0 Å². The lowest BCUT2D eigenvalue weighted by molar-refractivity contribution is -0.0346. The van der Waals surface area contributed by atoms with Crippen molar-refractivity contribution in [2.45, 2.75) is 66.0 Å². The van der Waals surface area contributed by atoms with Crippen LogP contribution in [0, 0.1) is 23.2 Å². The Kier molecular flexibility index (Phi) is 5.67. The Morgan fingerprint density at radius 3 is 1.89 bits per heavy atom. The van der Waals surface area contributed by atoms with Gasteiger partial charge in [-0.3, -0.25) is 0 Å². The predicted octanol–water partition coefficient (Wildman–Crippen LogP) is 3.71. The van der Waals surface area contributed by atoms with Crippen molar-refractivity contribution in [2.24, 2.45) is 23.2 Å². The van der Waals surface area contributed by atoms with Gasteiger partial charge in [-0.15, -0.1) is 0 Å². The minimum absolute atomic E-state index is 0.187. The number of hydrogen-bond acceptors (Lipinski definition) is 2. The maximum absolute atomic E-state index is 5.83. The monoisotopic (exact) mass is 255 g/mol. The van der Waals surface area contributed by atoms with E-state index in [9.17, 15) is 0 Å². The van der Waals surface area contributed by atoms with Crippen molar-refractivity contribution >= 4 is 0 Å². The summed E-state index contributed by atoms with van der Waals surface area (Å²) in [6.45, 7) is 11.6. The number of likely N-dealkylation sites (N-methyl/N-ethyl adjacent to an activating group) is 1. The van der Waals surface area contributed by atoms with Crippen molar-refractivity contribution in [2.75, 3.05) is 14.2 Å². The predicted molar refractivity (Wildman–Crippen MR) is 78.8 cm³/mol. The highest BCUT2D eigenvalue weighted by molar-refractivity contribution is 4.92. The summed E-state index contributed by atoms with van der Waals surface area (Å²) in [5.74, 6) is 2.46. The summed E-state index contributed by atoms with van der Waals surface area (Å²) in [4.78, 5) is 0. The van der Waals surface area contributed by atoms with Gasteiger partial charge in [0.1, 0.15) is 0 Å². The first-order valence-corrected chi connectivity index (χ1v) is 7.49. The van der Waals surface area contributed by atoms with Crippen molar-refractivity contribution in [3.63, 3.8) is 0 Å². The molecule has 4 atom stereocenters. The average Bonchev–Trinajstić information content (AvgIpc) is 2.22. The second-order valence-electron chi connectivity index (χ2n) is 7.51. The zero-order chi connectivity index (χ0) is 13.9. The molecule has 2 nitrogen and oxygen atoms in total. The maximum Gasteiger partial charge on any atom is 0.0774 e. The molecule has 0 heterocycles. The topological polar surface area (TPSA) is 21.3 Å². The van der Waals surface area contributed by atoms with Crippen LogP contribution in [0.2, 0.25) is 0 Å². The summed E-state index contributed by atoms with van der Waals surface area (Å²) in [5, 5.41) is 3.55. The molecule has 0 aromatic rings. The van der Waals surface area contributed by atoms with E-state index in [2.05, 4.69) is 47.0 Å². The molecule has 1 aliphatic carbocycles. The molecule has 0 aromatic heterocycles. The lowest BCUT2D eigenvalue weighted by Crippen LogP contribution is -2.52. The summed E-state index contributed by atoms with van der Waals surface area (Å²) in [6.07, 6.45) is 4.35. The normalized spacial score (nSPS) is 33.2. The van der Waals surface area contributed by atoms with Gasteiger partial charge >= 0.3 is 0 Å². The zero-order valence-electron chi connectivity index (χ0n) is 13.4. The van der Waals surface area contributed by atoms with Crippen LogP contribution in [0.1, 0.15) is 53.9 Å². The van der Waals surface area contributed by atoms with Gasteiger partial charge in [-0.2, -0.15) is 0 Å². The Balaban J connectivity index is 2.81. The minimum atomic E-state index is 0.187. The Morgan fingerprint density at radius 2 is 1.56 bits per heavy atom. The van der Waals surface area contributed by atoms with Crippen molar-refractivity contribution in [1.82, 2.24) is 5.32 Å². The van der Waals surface area contributed by atoms with E-state index in [-0.39, 0.29) is 11.5 Å². The SMILES string of the molecule is CNC(C1CC(C)CC(C)C1)C(OC)C(C)(C)C. The van der Waals surface area contributed by atoms with Crippen LogP contribution < -0.4 is 5.32 Å². The maximum atomic E-state index is 5.83. The van der Waals surface area contributed by atoms with Gasteiger partial charge in [-0.05, 0) is 49.5 Å². The molecule has 1 N–H and O–H groups in total. The lowest BCUT2D eigenvalue weighted by Gasteiger charge is -2.43. The highest BCUT2D eigenvalue weighted by Crippen LogP contribution is 2.38. The molecule has 1 fully saturated rings. The second-order valence-corrected chi connectivity index (χ2v) is 7.51. The molecule has 2 heteroatoms. The fourth-order valence-corrected chi connectivity index (χ4v) is 3.98. The van der Waals surface area contributed by atoms with Crippen LogP contribution in [0.3, 0.4) is 0 Å². The van der Waals surface area contributed by atoms with E-state index in [0.29, 0.717) is 6.04 Å². The van der Waals surface area contributed by atoms with Crippen LogP contribution in [-0.2, 0) is 4.74 Å². The molecule has 1 aliphatic rings. The largest absolute Gasteiger partial charge is 0.379 e. The number of hydrogen-bond donors (Lipinski definition) is 1. The first-order valence-electron chi connectivity index (χ1n) is 7.49. The summed E-state index contributed by atoms with van der Waals surface area (Å²) in [5.41, 5.74) is 0.187. The van der Waals surface area contributed by atoms with Gasteiger partial charge in [0, 0.05) is 13.2 Å². The number of nitrogens with one attached hydrogen (secondary N) is 1.